The van der Waals surface area contributed by atoms with E-state index in [0.29, 0.717) is 79.2 Å². The van der Waals surface area contributed by atoms with Crippen LogP contribution in [-0.2, 0) is 80.2 Å². The number of benzene rings is 8. The number of ether oxygens (including phenoxy) is 2. The second-order valence-electron chi connectivity index (χ2n) is 49.4. The Morgan fingerprint density at radius 3 is 0.629 bits per heavy atom. The fourth-order valence-electron chi connectivity index (χ4n) is 20.2. The molecule has 8 aromatic rings. The summed E-state index contributed by atoms with van der Waals surface area (Å²) in [6.45, 7) is 69.8. The van der Waals surface area contributed by atoms with Crippen LogP contribution in [0.2, 0.25) is 75.5 Å². The van der Waals surface area contributed by atoms with Gasteiger partial charge in [0.15, 0.2) is 23.0 Å². The first-order valence-electron chi connectivity index (χ1n) is 53.9. The van der Waals surface area contributed by atoms with Gasteiger partial charge in [-0.1, -0.05) is 440 Å². The van der Waals surface area contributed by atoms with E-state index in [-0.39, 0.29) is 44.0 Å². The van der Waals surface area contributed by atoms with Crippen molar-refractivity contribution in [2.45, 2.75) is 469 Å². The number of phenols is 6. The number of thioether (sulfide) groups is 6. The average molecular weight is 2090 g/mol. The average Bonchev–Trinajstić information content (AvgIpc) is 0.776. The van der Waals surface area contributed by atoms with E-state index in [2.05, 4.69) is 313 Å². The van der Waals surface area contributed by atoms with Crippen LogP contribution in [0.1, 0.15) is 360 Å². The zero-order valence-corrected chi connectivity index (χ0v) is 102. The lowest BCUT2D eigenvalue weighted by atomic mass is 9.86. The van der Waals surface area contributed by atoms with Crippen LogP contribution in [0, 0.1) is 0 Å². The Hall–Kier alpha value is -4.87. The number of aromatic hydroxyl groups is 6. The van der Waals surface area contributed by atoms with Crippen molar-refractivity contribution in [1.82, 2.24) is 0 Å². The molecule has 3 unspecified atom stereocenters. The molecule has 0 heterocycles. The van der Waals surface area contributed by atoms with Crippen molar-refractivity contribution in [3.63, 3.8) is 0 Å². The number of hydrogen-bond acceptors (Lipinski definition) is 14. The van der Waals surface area contributed by atoms with Gasteiger partial charge in [0.2, 0.25) is 0 Å². The molecule has 3 fully saturated rings. The molecular weight excluding hydrogens is 1900 g/mol. The molecule has 8 aromatic carbocycles. The first-order valence-corrected chi connectivity index (χ1v) is 72.4. The molecule has 11 rings (SSSR count). The second-order valence-corrected chi connectivity index (χ2v) is 77.3. The maximum Gasteiger partial charge on any atom is 0.162 e. The summed E-state index contributed by atoms with van der Waals surface area (Å²) in [6, 6.07) is 54.3. The Morgan fingerprint density at radius 1 is 0.250 bits per heavy atom. The number of hydrogen-bond donors (Lipinski definition) is 6. The highest BCUT2D eigenvalue weighted by Crippen LogP contribution is 2.49. The van der Waals surface area contributed by atoms with Crippen molar-refractivity contribution in [2.75, 3.05) is 0 Å². The summed E-state index contributed by atoms with van der Waals surface area (Å²) >= 11 is 12.3. The SMILES string of the molecule is CC(C)(C)c1cc(CSC2CCCCCC[C@@H]2SCc2cc(C(C)(C)C)cc(OCc3ccccc3)c2O)c(O)c(OCc2ccccc2)c1.CC(C)(C)c1cc(CSC2CCCCCC[C@@H]2SCc2cc(C(C)(C)C)cc([Si](C)(C)C)c2O)c(O)c([Si](C)(C)C)c1.CC[Si](CC)(CC)c1cc(C(C)(C)C)cc(CSC2CCCCCC[C@@H]2SCc2cc(C(C)(C)C)cc([Si](CC)(CC)CC)c2O)c1O. The molecule has 140 heavy (non-hydrogen) atoms. The summed E-state index contributed by atoms with van der Waals surface area (Å²) in [7, 11) is -6.91. The molecule has 6 N–H and O–H groups in total. The van der Waals surface area contributed by atoms with Gasteiger partial charge in [-0.2, -0.15) is 70.6 Å². The van der Waals surface area contributed by atoms with Gasteiger partial charge >= 0.3 is 0 Å². The summed E-state index contributed by atoms with van der Waals surface area (Å²) in [5, 5.41) is 77.8. The topological polar surface area (TPSA) is 140 Å². The third-order valence-corrected chi connectivity index (χ3v) is 55.2. The molecule has 0 radical (unpaired) electrons. The summed E-state index contributed by atoms with van der Waals surface area (Å²) in [4.78, 5) is 0. The Bertz CT molecular complexity index is 4870. The van der Waals surface area contributed by atoms with Crippen LogP contribution in [-0.4, -0.2) is 94.4 Å². The first-order chi connectivity index (χ1) is 65.6. The minimum Gasteiger partial charge on any atom is -0.508 e. The van der Waals surface area contributed by atoms with Crippen LogP contribution in [0.25, 0.3) is 0 Å². The van der Waals surface area contributed by atoms with Crippen LogP contribution in [0.4, 0.5) is 0 Å². The molecule has 0 saturated heterocycles. The largest absolute Gasteiger partial charge is 0.508 e. The van der Waals surface area contributed by atoms with Gasteiger partial charge in [0, 0.05) is 99.4 Å². The molecule has 0 spiro atoms. The van der Waals surface area contributed by atoms with Crippen LogP contribution in [0.15, 0.2) is 133 Å². The monoisotopic (exact) mass is 2090 g/mol. The highest BCUT2D eigenvalue weighted by Gasteiger charge is 2.40. The minimum atomic E-state index is -1.76. The van der Waals surface area contributed by atoms with Crippen LogP contribution >= 0.6 is 70.6 Å². The van der Waals surface area contributed by atoms with Crippen molar-refractivity contribution >= 4 is 124 Å². The minimum absolute atomic E-state index is 0.0477. The highest BCUT2D eigenvalue weighted by molar-refractivity contribution is 8.04. The third kappa shape index (κ3) is 33.3. The van der Waals surface area contributed by atoms with Crippen molar-refractivity contribution in [3.8, 4) is 46.0 Å². The third-order valence-electron chi connectivity index (χ3n) is 30.7. The molecule has 3 aliphatic rings. The Balaban J connectivity index is 0.000000236. The quantitative estimate of drug-likeness (QED) is 0.0213. The van der Waals surface area contributed by atoms with Crippen molar-refractivity contribution in [1.29, 1.82) is 0 Å². The van der Waals surface area contributed by atoms with Crippen molar-refractivity contribution < 1.29 is 40.1 Å². The zero-order chi connectivity index (χ0) is 103. The van der Waals surface area contributed by atoms with Gasteiger partial charge in [0.05, 0.1) is 32.3 Å². The van der Waals surface area contributed by atoms with Gasteiger partial charge in [0.25, 0.3) is 0 Å². The van der Waals surface area contributed by atoms with E-state index >= 15 is 0 Å². The number of phenolic OH excluding ortho intramolecular Hbond substituents is 6. The molecule has 18 heteroatoms. The van der Waals surface area contributed by atoms with Gasteiger partial charge in [0.1, 0.15) is 36.2 Å². The van der Waals surface area contributed by atoms with Gasteiger partial charge in [-0.15, -0.1) is 0 Å². The standard InChI is InChI=1S/C44H56O4S2.C42H72O2S2Si2.C36H60O2S2Si2/c1-43(2,3)35-23-33(41(45)37(25-35)47-27-31-17-11-9-12-18-31)29-49-39-21-15-7-8-16-22-40(39)50-30-34-24-36(44(4,5)6)26-38(42(34)46)48-28-32-19-13-10-14-20-32;1-13-47(14-2,15-3)37-27-33(41(7,8)9)25-31(39(37)43)29-45-35-23-21-19-20-22-24-36(35)46-30-32-26-34(42(10,11)12)28-38(40(32)44)48(16-4,17-5)18-6;1-35(2,3)27-19-25(33(37)31(21-27)41(7,8)9)23-39-29-17-15-13-14-16-18-30(29)40-24-26-20-28(36(4,5)6)22-32(34(26)38)42(10,11)12/h9-14,17-20,23-26,39-40,45-46H,7-8,15-16,21-22,27-30H2,1-6H3;25-28,35-36,43-44H,13-24,29-30H2,1-12H3;19-22,29-30,37-38H,13-18,23-24H2,1-12H3/t39-,40?;35-,36?;29-,30?/m000/s1. The second kappa shape index (κ2) is 52.3. The van der Waals surface area contributed by atoms with Crippen LogP contribution in [0.3, 0.4) is 0 Å². The van der Waals surface area contributed by atoms with E-state index in [4.69, 9.17) is 9.47 Å². The molecular formula is C122H188O8S6Si4. The van der Waals surface area contributed by atoms with Crippen LogP contribution < -0.4 is 30.2 Å². The molecule has 0 bridgehead atoms. The van der Waals surface area contributed by atoms with E-state index in [1.807, 2.05) is 96.3 Å². The summed E-state index contributed by atoms with van der Waals surface area (Å²) in [5.41, 5.74) is 16.4. The predicted octanol–water partition coefficient (Wildman–Crippen LogP) is 34.5. The lowest BCUT2D eigenvalue weighted by Gasteiger charge is -2.34. The van der Waals surface area contributed by atoms with Crippen molar-refractivity contribution in [2.24, 2.45) is 0 Å². The molecule has 0 aromatic heterocycles. The Kier molecular flexibility index (Phi) is 44.4. The first kappa shape index (κ1) is 119. The molecule has 0 amide bonds. The van der Waals surface area contributed by atoms with E-state index in [9.17, 15) is 30.6 Å². The lowest BCUT2D eigenvalue weighted by Crippen LogP contribution is -2.46. The summed E-state index contributed by atoms with van der Waals surface area (Å²) in [6.07, 6.45) is 22.7. The molecule has 0 aliphatic heterocycles. The fraction of sp³-hybridized carbons (Fsp3) is 0.607. The van der Waals surface area contributed by atoms with E-state index in [1.54, 1.807) is 0 Å². The molecule has 8 nitrogen and oxygen atoms in total. The van der Waals surface area contributed by atoms with Gasteiger partial charge in [-0.25, -0.2) is 0 Å². The summed E-state index contributed by atoms with van der Waals surface area (Å²) < 4.78 is 12.5. The van der Waals surface area contributed by atoms with E-state index in [0.717, 1.165) is 103 Å². The van der Waals surface area contributed by atoms with E-state index in [1.165, 1.54) is 182 Å². The maximum absolute atomic E-state index is 11.9. The summed E-state index contributed by atoms with van der Waals surface area (Å²) in [5.74, 6) is 8.84. The molecule has 776 valence electrons. The Morgan fingerprint density at radius 2 is 0.436 bits per heavy atom. The maximum atomic E-state index is 11.9. The molecule has 3 saturated carbocycles. The Labute approximate surface area is 882 Å². The lowest BCUT2D eigenvalue weighted by molar-refractivity contribution is 0.287. The number of rotatable bonds is 34. The van der Waals surface area contributed by atoms with Gasteiger partial charge in [-0.3, -0.25) is 0 Å². The van der Waals surface area contributed by atoms with Crippen molar-refractivity contribution in [3.05, 3.63) is 211 Å². The van der Waals surface area contributed by atoms with Gasteiger partial charge < -0.3 is 40.1 Å². The fourth-order valence-corrected chi connectivity index (χ4v) is 39.9. The van der Waals surface area contributed by atoms with E-state index < -0.39 is 32.3 Å². The van der Waals surface area contributed by atoms with Crippen LogP contribution in [0.5, 0.6) is 46.0 Å². The highest BCUT2D eigenvalue weighted by atomic mass is 32.2. The predicted molar refractivity (Wildman–Crippen MR) is 636 cm³/mol. The normalized spacial score (nSPS) is 18.3. The van der Waals surface area contributed by atoms with Gasteiger partial charge in [-0.05, 0) is 148 Å². The molecule has 3 aliphatic carbocycles. The smallest absolute Gasteiger partial charge is 0.162 e. The zero-order valence-electron chi connectivity index (χ0n) is 92.7. The molecule has 6 atom stereocenters.